The van der Waals surface area contributed by atoms with Gasteiger partial charge >= 0.3 is 11.9 Å². The lowest BCUT2D eigenvalue weighted by Gasteiger charge is -2.33. The maximum Gasteiger partial charge on any atom is 0.305 e. The first-order valence-electron chi connectivity index (χ1n) is 21.6. The van der Waals surface area contributed by atoms with E-state index in [0.717, 1.165) is 11.1 Å². The number of hydrogen-bond donors (Lipinski definition) is 4. The van der Waals surface area contributed by atoms with E-state index in [1.165, 1.54) is 32.3 Å². The molecule has 2 saturated heterocycles. The van der Waals surface area contributed by atoms with Crippen LogP contribution in [-0.4, -0.2) is 113 Å². The van der Waals surface area contributed by atoms with Gasteiger partial charge in [-0.2, -0.15) is 0 Å². The first-order valence-corrected chi connectivity index (χ1v) is 21.6. The molecule has 4 heterocycles. The number of ether oxygens (including phenoxy) is 7. The highest BCUT2D eigenvalue weighted by Gasteiger charge is 2.50. The number of ketones is 1. The molecule has 0 amide bonds. The number of carbonyl (C=O) groups is 3. The third-order valence-corrected chi connectivity index (χ3v) is 11.7. The van der Waals surface area contributed by atoms with Crippen LogP contribution in [0.4, 0.5) is 0 Å². The Kier molecular flexibility index (Phi) is 19.0. The zero-order chi connectivity index (χ0) is 45.6. The van der Waals surface area contributed by atoms with Gasteiger partial charge in [0.15, 0.2) is 5.78 Å². The molecule has 3 aliphatic heterocycles. The quantitative estimate of drug-likeness (QED) is 0.117. The predicted molar refractivity (Wildman–Crippen MR) is 227 cm³/mol. The van der Waals surface area contributed by atoms with E-state index < -0.39 is 55.0 Å². The SMILES string of the molecule is CC(=O)OC[C@H](C)C[C@H]1O[C@@H]([C@H](C)[C@H]2OC(OC(C)=O)C=CC2=O)[C@H](C)[C@H]1OCc1ccccc1.C[C@H]1[C@H]([C@H](O)[C@@H](O)c2ccco2)O[C@H](CC(O)CO)[C@@H]1OCc1ccccc1. The molecule has 3 aliphatic rings. The molecule has 15 heteroatoms. The Morgan fingerprint density at radius 1 is 0.746 bits per heavy atom. The van der Waals surface area contributed by atoms with E-state index in [1.807, 2.05) is 81.4 Å². The molecule has 6 rings (SSSR count). The van der Waals surface area contributed by atoms with Crippen molar-refractivity contribution in [1.29, 1.82) is 0 Å². The van der Waals surface area contributed by atoms with Crippen LogP contribution in [0.15, 0.2) is 95.6 Å². The Labute approximate surface area is 369 Å². The van der Waals surface area contributed by atoms with Crippen LogP contribution in [0.2, 0.25) is 0 Å². The second kappa shape index (κ2) is 24.1. The molecular formula is C48H64O15. The van der Waals surface area contributed by atoms with Crippen LogP contribution in [0.5, 0.6) is 0 Å². The summed E-state index contributed by atoms with van der Waals surface area (Å²) in [6.45, 7) is 11.2. The summed E-state index contributed by atoms with van der Waals surface area (Å²) in [5, 5.41) is 40.2. The maximum atomic E-state index is 12.6. The average molecular weight is 881 g/mol. The molecule has 63 heavy (non-hydrogen) atoms. The summed E-state index contributed by atoms with van der Waals surface area (Å²) >= 11 is 0. The summed E-state index contributed by atoms with van der Waals surface area (Å²) in [4.78, 5) is 35.2. The molecule has 15 atom stereocenters. The molecule has 2 aromatic carbocycles. The molecule has 0 bridgehead atoms. The molecular weight excluding hydrogens is 817 g/mol. The fraction of sp³-hybridized carbons (Fsp3) is 0.562. The Hall–Kier alpha value is -4.29. The summed E-state index contributed by atoms with van der Waals surface area (Å²) in [6, 6.07) is 22.8. The van der Waals surface area contributed by atoms with E-state index in [-0.39, 0.29) is 72.5 Å². The van der Waals surface area contributed by atoms with Crippen molar-refractivity contribution in [1.82, 2.24) is 0 Å². The van der Waals surface area contributed by atoms with Crippen molar-refractivity contribution in [3.05, 3.63) is 108 Å². The highest BCUT2D eigenvalue weighted by molar-refractivity contribution is 5.94. The number of carbonyl (C=O) groups excluding carboxylic acids is 3. The van der Waals surface area contributed by atoms with Crippen molar-refractivity contribution in [2.75, 3.05) is 13.2 Å². The van der Waals surface area contributed by atoms with Gasteiger partial charge in [0.2, 0.25) is 6.29 Å². The third kappa shape index (κ3) is 14.1. The number of furan rings is 1. The largest absolute Gasteiger partial charge is 0.466 e. The van der Waals surface area contributed by atoms with Gasteiger partial charge in [0.05, 0.1) is 75.4 Å². The van der Waals surface area contributed by atoms with Crippen molar-refractivity contribution in [2.45, 2.75) is 135 Å². The summed E-state index contributed by atoms with van der Waals surface area (Å²) < 4.78 is 46.2. The first kappa shape index (κ1) is 49.7. The molecule has 1 aromatic heterocycles. The minimum absolute atomic E-state index is 0.0332. The number of aliphatic hydroxyl groups is 4. The smallest absolute Gasteiger partial charge is 0.305 e. The second-order valence-corrected chi connectivity index (χ2v) is 16.8. The lowest BCUT2D eigenvalue weighted by Crippen LogP contribution is -2.44. The van der Waals surface area contributed by atoms with E-state index in [1.54, 1.807) is 12.1 Å². The van der Waals surface area contributed by atoms with E-state index in [9.17, 15) is 34.8 Å². The molecule has 4 N–H and O–H groups in total. The number of benzene rings is 2. The van der Waals surface area contributed by atoms with Gasteiger partial charge in [-0.3, -0.25) is 14.4 Å². The number of esters is 2. The van der Waals surface area contributed by atoms with Gasteiger partial charge in [0, 0.05) is 38.0 Å². The zero-order valence-corrected chi connectivity index (χ0v) is 36.8. The van der Waals surface area contributed by atoms with Gasteiger partial charge in [-0.1, -0.05) is 88.4 Å². The average Bonchev–Trinajstić information content (AvgIpc) is 4.00. The molecule has 0 spiro atoms. The molecule has 15 nitrogen and oxygen atoms in total. The van der Waals surface area contributed by atoms with Gasteiger partial charge in [-0.25, -0.2) is 0 Å². The topological polar surface area (TPSA) is 210 Å². The fourth-order valence-electron chi connectivity index (χ4n) is 8.47. The Balaban J connectivity index is 0.000000243. The number of rotatable bonds is 19. The van der Waals surface area contributed by atoms with Crippen LogP contribution in [0, 0.1) is 23.7 Å². The highest BCUT2D eigenvalue weighted by Crippen LogP contribution is 2.40. The molecule has 3 aromatic rings. The normalized spacial score (nSPS) is 29.2. The fourth-order valence-corrected chi connectivity index (χ4v) is 8.47. The number of hydrogen-bond acceptors (Lipinski definition) is 15. The zero-order valence-electron chi connectivity index (χ0n) is 36.8. The van der Waals surface area contributed by atoms with Gasteiger partial charge < -0.3 is 58.0 Å². The lowest BCUT2D eigenvalue weighted by molar-refractivity contribution is -0.189. The Bertz CT molecular complexity index is 1860. The van der Waals surface area contributed by atoms with Crippen LogP contribution in [0.3, 0.4) is 0 Å². The van der Waals surface area contributed by atoms with Crippen LogP contribution in [0.1, 0.15) is 77.4 Å². The molecule has 2 fully saturated rings. The summed E-state index contributed by atoms with van der Waals surface area (Å²) in [7, 11) is 0. The minimum Gasteiger partial charge on any atom is -0.466 e. The van der Waals surface area contributed by atoms with E-state index in [2.05, 4.69) is 6.92 Å². The predicted octanol–water partition coefficient (Wildman–Crippen LogP) is 5.02. The minimum atomic E-state index is -1.24. The van der Waals surface area contributed by atoms with Crippen molar-refractivity contribution in [3.8, 4) is 0 Å². The van der Waals surface area contributed by atoms with Crippen LogP contribution >= 0.6 is 0 Å². The maximum absolute atomic E-state index is 12.6. The lowest BCUT2D eigenvalue weighted by atomic mass is 9.84. The third-order valence-electron chi connectivity index (χ3n) is 11.7. The molecule has 0 radical (unpaired) electrons. The van der Waals surface area contributed by atoms with Crippen molar-refractivity contribution >= 4 is 17.7 Å². The van der Waals surface area contributed by atoms with Crippen molar-refractivity contribution in [2.24, 2.45) is 23.7 Å². The van der Waals surface area contributed by atoms with Crippen LogP contribution in [0.25, 0.3) is 0 Å². The van der Waals surface area contributed by atoms with Gasteiger partial charge in [0.1, 0.15) is 24.1 Å². The summed E-state index contributed by atoms with van der Waals surface area (Å²) in [5.74, 6) is -1.26. The first-order chi connectivity index (χ1) is 30.2. The van der Waals surface area contributed by atoms with E-state index in [4.69, 9.17) is 37.6 Å². The van der Waals surface area contributed by atoms with E-state index in [0.29, 0.717) is 26.2 Å². The molecule has 0 aliphatic carbocycles. The summed E-state index contributed by atoms with van der Waals surface area (Å²) in [5.41, 5.74) is 2.05. The van der Waals surface area contributed by atoms with Crippen LogP contribution in [-0.2, 0) is 60.8 Å². The van der Waals surface area contributed by atoms with Crippen molar-refractivity contribution < 1.29 is 72.4 Å². The van der Waals surface area contributed by atoms with Gasteiger partial charge in [-0.05, 0) is 47.8 Å². The second-order valence-electron chi connectivity index (χ2n) is 16.8. The highest BCUT2D eigenvalue weighted by atomic mass is 16.7. The van der Waals surface area contributed by atoms with E-state index >= 15 is 0 Å². The Morgan fingerprint density at radius 2 is 1.32 bits per heavy atom. The standard InChI is InChI=1S/C27H36O8.C21H28O7/c1-16(14-31-19(4)28)13-23-27(32-15-21-9-7-6-8-10-21)18(3)25(34-23)17(2)26-22(30)11-12-24(35-26)33-20(5)29;1-13-20(27-12-14-6-3-2-4-7-14)17(10-15(23)11-22)28-21(13)19(25)18(24)16-8-5-9-26-16/h6-12,16-18,23-27H,13-15H2,1-5H3;2-9,13,15,17-25H,10-12H2,1H3/t16-,17+,18+,23-,24?,25+,26-,27-;13-,15?,17-,18+,19-,20-,21-/m11/s1. The molecule has 346 valence electrons. The van der Waals surface area contributed by atoms with Gasteiger partial charge in [0.25, 0.3) is 0 Å². The molecule has 0 saturated carbocycles. The number of aliphatic hydroxyl groups excluding tert-OH is 4. The Morgan fingerprint density at radius 3 is 1.86 bits per heavy atom. The monoisotopic (exact) mass is 880 g/mol. The van der Waals surface area contributed by atoms with Crippen molar-refractivity contribution in [3.63, 3.8) is 0 Å². The van der Waals surface area contributed by atoms with Gasteiger partial charge in [-0.15, -0.1) is 0 Å². The summed E-state index contributed by atoms with van der Waals surface area (Å²) in [6.07, 6.45) is -2.48. The van der Waals surface area contributed by atoms with Crippen LogP contribution < -0.4 is 0 Å². The molecule has 2 unspecified atom stereocenters.